The molecule has 0 bridgehead atoms. The summed E-state index contributed by atoms with van der Waals surface area (Å²) in [5, 5.41) is 2.90. The van der Waals surface area contributed by atoms with E-state index in [0.29, 0.717) is 10.7 Å². The third-order valence-electron chi connectivity index (χ3n) is 1.11. The van der Waals surface area contributed by atoms with Crippen LogP contribution in [0.3, 0.4) is 0 Å². The van der Waals surface area contributed by atoms with Crippen LogP contribution in [0.15, 0.2) is 12.3 Å². The number of carbonyl (C=O) groups is 1. The zero-order valence-electron chi connectivity index (χ0n) is 5.67. The third kappa shape index (κ3) is 2.46. The maximum absolute atomic E-state index is 11.8. The highest BCUT2D eigenvalue weighted by atomic mass is 19.4. The minimum absolute atomic E-state index is 0. The molecule has 0 radical (unpaired) electrons. The van der Waals surface area contributed by atoms with Gasteiger partial charge in [-0.25, -0.2) is 4.79 Å². The Bertz CT molecular complexity index is 304. The monoisotopic (exact) mass is 195 g/mol. The van der Waals surface area contributed by atoms with Gasteiger partial charge in [-0.1, -0.05) is 7.43 Å². The summed E-state index contributed by atoms with van der Waals surface area (Å²) >= 11 is 0. The van der Waals surface area contributed by atoms with Crippen LogP contribution in [0, 0.1) is 0 Å². The van der Waals surface area contributed by atoms with Crippen molar-refractivity contribution in [3.8, 4) is 0 Å². The molecule has 0 spiro atoms. The molecule has 1 aromatic rings. The van der Waals surface area contributed by atoms with Crippen molar-refractivity contribution in [1.29, 1.82) is 0 Å². The topological polar surface area (TPSA) is 60.9 Å². The second-order valence-corrected chi connectivity index (χ2v) is 1.98. The van der Waals surface area contributed by atoms with Gasteiger partial charge < -0.3 is 5.73 Å². The van der Waals surface area contributed by atoms with E-state index < -0.39 is 17.9 Å². The molecule has 0 unspecified atom stereocenters. The van der Waals surface area contributed by atoms with Crippen molar-refractivity contribution in [2.75, 3.05) is 0 Å². The van der Waals surface area contributed by atoms with Crippen LogP contribution < -0.4 is 5.73 Å². The standard InChI is InChI=1S/C5H4F3N3O.CH4/c6-5(7,8)3-1-2-11(10-3)4(9)12;/h1-2H,(H2,9,12);1H4. The second-order valence-electron chi connectivity index (χ2n) is 1.98. The van der Waals surface area contributed by atoms with Gasteiger partial charge in [0, 0.05) is 6.20 Å². The Morgan fingerprint density at radius 2 is 2.08 bits per heavy atom. The van der Waals surface area contributed by atoms with Gasteiger partial charge in [-0.15, -0.1) is 0 Å². The molecule has 1 rings (SSSR count). The van der Waals surface area contributed by atoms with Crippen molar-refractivity contribution in [3.63, 3.8) is 0 Å². The van der Waals surface area contributed by atoms with E-state index in [2.05, 4.69) is 10.8 Å². The summed E-state index contributed by atoms with van der Waals surface area (Å²) in [5.41, 5.74) is 3.53. The van der Waals surface area contributed by atoms with Crippen molar-refractivity contribution >= 4 is 6.03 Å². The van der Waals surface area contributed by atoms with E-state index in [-0.39, 0.29) is 7.43 Å². The summed E-state index contributed by atoms with van der Waals surface area (Å²) in [7, 11) is 0. The SMILES string of the molecule is C.NC(=O)n1ccc(C(F)(F)F)n1. The number of aromatic nitrogens is 2. The molecule has 13 heavy (non-hydrogen) atoms. The molecule has 1 heterocycles. The first-order valence-corrected chi connectivity index (χ1v) is 2.84. The number of primary amides is 1. The van der Waals surface area contributed by atoms with Crippen LogP contribution in [-0.4, -0.2) is 15.8 Å². The highest BCUT2D eigenvalue weighted by Gasteiger charge is 2.33. The molecule has 4 nitrogen and oxygen atoms in total. The van der Waals surface area contributed by atoms with Crippen molar-refractivity contribution in [3.05, 3.63) is 18.0 Å². The maximum atomic E-state index is 11.8. The number of nitrogens with zero attached hydrogens (tertiary/aromatic N) is 2. The summed E-state index contributed by atoms with van der Waals surface area (Å²) in [6, 6.07) is -0.379. The van der Waals surface area contributed by atoms with E-state index in [4.69, 9.17) is 0 Å². The Hall–Kier alpha value is -1.53. The van der Waals surface area contributed by atoms with Gasteiger partial charge in [-0.05, 0) is 6.07 Å². The Balaban J connectivity index is 0.00000144. The number of nitrogens with two attached hydrogens (primary N) is 1. The van der Waals surface area contributed by atoms with E-state index in [0.717, 1.165) is 6.20 Å². The van der Waals surface area contributed by atoms with Crippen LogP contribution in [-0.2, 0) is 6.18 Å². The Labute approximate surface area is 72.1 Å². The van der Waals surface area contributed by atoms with Crippen LogP contribution in [0.25, 0.3) is 0 Å². The molecule has 0 aliphatic carbocycles. The molecular formula is C6H8F3N3O. The van der Waals surface area contributed by atoms with Gasteiger partial charge in [0.25, 0.3) is 0 Å². The number of rotatable bonds is 0. The molecule has 0 aliphatic rings. The second kappa shape index (κ2) is 3.46. The third-order valence-corrected chi connectivity index (χ3v) is 1.11. The molecule has 1 amide bonds. The summed E-state index contributed by atoms with van der Waals surface area (Å²) in [6.07, 6.45) is -3.69. The first kappa shape index (κ1) is 11.5. The van der Waals surface area contributed by atoms with Gasteiger partial charge in [0.05, 0.1) is 0 Å². The summed E-state index contributed by atoms with van der Waals surface area (Å²) < 4.78 is 35.9. The van der Waals surface area contributed by atoms with Gasteiger partial charge in [-0.2, -0.15) is 23.0 Å². The van der Waals surface area contributed by atoms with Gasteiger partial charge >= 0.3 is 12.2 Å². The first-order chi connectivity index (χ1) is 5.41. The smallest absolute Gasteiger partial charge is 0.350 e. The first-order valence-electron chi connectivity index (χ1n) is 2.84. The zero-order chi connectivity index (χ0) is 9.35. The molecule has 0 saturated carbocycles. The van der Waals surface area contributed by atoms with Crippen LogP contribution in [0.4, 0.5) is 18.0 Å². The highest BCUT2D eigenvalue weighted by molar-refractivity contribution is 5.73. The highest BCUT2D eigenvalue weighted by Crippen LogP contribution is 2.26. The Morgan fingerprint density at radius 3 is 2.31 bits per heavy atom. The summed E-state index contributed by atoms with van der Waals surface area (Å²) in [5.74, 6) is 0. The predicted molar refractivity (Wildman–Crippen MR) is 38.9 cm³/mol. The van der Waals surface area contributed by atoms with E-state index in [1.165, 1.54) is 0 Å². The molecule has 2 N–H and O–H groups in total. The van der Waals surface area contributed by atoms with Crippen molar-refractivity contribution in [2.45, 2.75) is 13.6 Å². The summed E-state index contributed by atoms with van der Waals surface area (Å²) in [6.45, 7) is 0. The number of hydrogen-bond donors (Lipinski definition) is 1. The van der Waals surface area contributed by atoms with Crippen molar-refractivity contribution in [2.24, 2.45) is 5.73 Å². The normalized spacial score (nSPS) is 10.7. The Kier molecular flexibility index (Phi) is 3.05. The number of hydrogen-bond acceptors (Lipinski definition) is 2. The minimum Gasteiger partial charge on any atom is -0.350 e. The van der Waals surface area contributed by atoms with Gasteiger partial charge in [0.15, 0.2) is 5.69 Å². The minimum atomic E-state index is -4.54. The van der Waals surface area contributed by atoms with Gasteiger partial charge in [0.1, 0.15) is 0 Å². The molecule has 0 fully saturated rings. The number of halogens is 3. The van der Waals surface area contributed by atoms with E-state index in [1.54, 1.807) is 0 Å². The molecule has 0 saturated heterocycles. The Morgan fingerprint density at radius 1 is 1.54 bits per heavy atom. The maximum Gasteiger partial charge on any atom is 0.435 e. The fourth-order valence-corrected chi connectivity index (χ4v) is 0.598. The van der Waals surface area contributed by atoms with Crippen molar-refractivity contribution in [1.82, 2.24) is 9.78 Å². The lowest BCUT2D eigenvalue weighted by atomic mass is 10.4. The molecule has 0 aromatic carbocycles. The van der Waals surface area contributed by atoms with E-state index >= 15 is 0 Å². The quantitative estimate of drug-likeness (QED) is 0.681. The lowest BCUT2D eigenvalue weighted by Crippen LogP contribution is -2.20. The van der Waals surface area contributed by atoms with E-state index in [1.807, 2.05) is 0 Å². The van der Waals surface area contributed by atoms with Crippen LogP contribution in [0.5, 0.6) is 0 Å². The van der Waals surface area contributed by atoms with Crippen LogP contribution in [0.1, 0.15) is 13.1 Å². The molecule has 7 heteroatoms. The molecule has 74 valence electrons. The number of amides is 1. The van der Waals surface area contributed by atoms with Gasteiger partial charge in [-0.3, -0.25) is 0 Å². The molecule has 0 atom stereocenters. The zero-order valence-corrected chi connectivity index (χ0v) is 5.67. The van der Waals surface area contributed by atoms with Crippen molar-refractivity contribution < 1.29 is 18.0 Å². The van der Waals surface area contributed by atoms with Gasteiger partial charge in [0.2, 0.25) is 0 Å². The molecule has 0 aliphatic heterocycles. The average Bonchev–Trinajstić information content (AvgIpc) is 2.30. The average molecular weight is 195 g/mol. The number of alkyl halides is 3. The van der Waals surface area contributed by atoms with E-state index in [9.17, 15) is 18.0 Å². The fraction of sp³-hybridized carbons (Fsp3) is 0.333. The fourth-order valence-electron chi connectivity index (χ4n) is 0.598. The predicted octanol–water partition coefficient (Wildman–Crippen LogP) is 1.46. The van der Waals surface area contributed by atoms with Crippen LogP contribution in [0.2, 0.25) is 0 Å². The largest absolute Gasteiger partial charge is 0.435 e. The lowest BCUT2D eigenvalue weighted by Gasteiger charge is -1.99. The lowest BCUT2D eigenvalue weighted by molar-refractivity contribution is -0.141. The molecular weight excluding hydrogens is 187 g/mol. The summed E-state index contributed by atoms with van der Waals surface area (Å²) in [4.78, 5) is 10.3. The molecule has 1 aromatic heterocycles. The number of carbonyl (C=O) groups excluding carboxylic acids is 1. The van der Waals surface area contributed by atoms with Crippen LogP contribution >= 0.6 is 0 Å².